The van der Waals surface area contributed by atoms with Crippen molar-refractivity contribution in [3.8, 4) is 11.3 Å². The van der Waals surface area contributed by atoms with Crippen LogP contribution in [0.4, 0.5) is 0 Å². The summed E-state index contributed by atoms with van der Waals surface area (Å²) in [6, 6.07) is 22.0. The average molecular weight is 335 g/mol. The lowest BCUT2D eigenvalue weighted by Crippen LogP contribution is -2.12. The topological polar surface area (TPSA) is 51.5 Å². The molecule has 0 amide bonds. The summed E-state index contributed by atoms with van der Waals surface area (Å²) in [7, 11) is 1.40. The van der Waals surface area contributed by atoms with E-state index in [2.05, 4.69) is 5.32 Å². The van der Waals surface area contributed by atoms with Crippen molar-refractivity contribution < 1.29 is 13.9 Å². The average Bonchev–Trinajstić information content (AvgIpc) is 3.12. The van der Waals surface area contributed by atoms with Crippen molar-refractivity contribution in [1.82, 2.24) is 5.32 Å². The van der Waals surface area contributed by atoms with E-state index in [1.165, 1.54) is 7.11 Å². The SMILES string of the molecule is COC(=O)Cc1cccc(CNCc2ccc(-c3ccccc3)o2)c1. The number of furan rings is 1. The fourth-order valence-electron chi connectivity index (χ4n) is 2.65. The van der Waals surface area contributed by atoms with E-state index in [0.717, 1.165) is 28.2 Å². The maximum Gasteiger partial charge on any atom is 0.309 e. The highest BCUT2D eigenvalue weighted by Crippen LogP contribution is 2.21. The van der Waals surface area contributed by atoms with Gasteiger partial charge in [0.15, 0.2) is 0 Å². The number of hydrogen-bond acceptors (Lipinski definition) is 4. The number of esters is 1. The monoisotopic (exact) mass is 335 g/mol. The molecule has 4 nitrogen and oxygen atoms in total. The highest BCUT2D eigenvalue weighted by Gasteiger charge is 2.05. The van der Waals surface area contributed by atoms with E-state index < -0.39 is 0 Å². The highest BCUT2D eigenvalue weighted by atomic mass is 16.5. The Labute approximate surface area is 147 Å². The molecule has 1 heterocycles. The van der Waals surface area contributed by atoms with Gasteiger partial charge in [-0.25, -0.2) is 0 Å². The van der Waals surface area contributed by atoms with Crippen molar-refractivity contribution in [1.29, 1.82) is 0 Å². The Bertz CT molecular complexity index is 824. The predicted molar refractivity (Wildman–Crippen MR) is 96.8 cm³/mol. The summed E-state index contributed by atoms with van der Waals surface area (Å²) in [5.74, 6) is 1.54. The molecule has 0 saturated heterocycles. The van der Waals surface area contributed by atoms with Crippen molar-refractivity contribution in [3.63, 3.8) is 0 Å². The van der Waals surface area contributed by atoms with Crippen LogP contribution in [0.3, 0.4) is 0 Å². The maximum atomic E-state index is 11.4. The van der Waals surface area contributed by atoms with Crippen LogP contribution in [-0.4, -0.2) is 13.1 Å². The summed E-state index contributed by atoms with van der Waals surface area (Å²) in [5, 5.41) is 3.37. The Hall–Kier alpha value is -2.85. The van der Waals surface area contributed by atoms with E-state index in [9.17, 15) is 4.79 Å². The van der Waals surface area contributed by atoms with Gasteiger partial charge in [-0.15, -0.1) is 0 Å². The third-order valence-electron chi connectivity index (χ3n) is 3.92. The number of rotatable bonds is 7. The molecule has 0 spiro atoms. The molecule has 1 aromatic heterocycles. The van der Waals surface area contributed by atoms with Crippen LogP contribution < -0.4 is 5.32 Å². The van der Waals surface area contributed by atoms with E-state index in [4.69, 9.17) is 9.15 Å². The fourth-order valence-corrected chi connectivity index (χ4v) is 2.65. The number of benzene rings is 2. The third-order valence-corrected chi connectivity index (χ3v) is 3.92. The van der Waals surface area contributed by atoms with Crippen molar-refractivity contribution in [3.05, 3.63) is 83.6 Å². The first-order valence-corrected chi connectivity index (χ1v) is 8.24. The van der Waals surface area contributed by atoms with E-state index >= 15 is 0 Å². The van der Waals surface area contributed by atoms with Crippen LogP contribution in [0.5, 0.6) is 0 Å². The summed E-state index contributed by atoms with van der Waals surface area (Å²) >= 11 is 0. The molecule has 0 unspecified atom stereocenters. The van der Waals surface area contributed by atoms with Gasteiger partial charge in [-0.2, -0.15) is 0 Å². The minimum atomic E-state index is -0.228. The molecule has 0 radical (unpaired) electrons. The Morgan fingerprint density at radius 1 is 0.960 bits per heavy atom. The Balaban J connectivity index is 1.54. The van der Waals surface area contributed by atoms with Crippen molar-refractivity contribution in [2.75, 3.05) is 7.11 Å². The summed E-state index contributed by atoms with van der Waals surface area (Å²) in [6.07, 6.45) is 0.295. The van der Waals surface area contributed by atoms with Crippen molar-refractivity contribution >= 4 is 5.97 Å². The Morgan fingerprint density at radius 3 is 2.56 bits per heavy atom. The second kappa shape index (κ2) is 8.31. The van der Waals surface area contributed by atoms with Crippen LogP contribution in [0.1, 0.15) is 16.9 Å². The lowest BCUT2D eigenvalue weighted by atomic mass is 10.1. The second-order valence-corrected chi connectivity index (χ2v) is 5.81. The minimum Gasteiger partial charge on any atom is -0.469 e. The summed E-state index contributed by atoms with van der Waals surface area (Å²) in [4.78, 5) is 11.4. The molecule has 4 heteroatoms. The van der Waals surface area contributed by atoms with Gasteiger partial charge in [0.1, 0.15) is 11.5 Å². The molecule has 0 aliphatic rings. The number of methoxy groups -OCH3 is 1. The van der Waals surface area contributed by atoms with E-state index in [1.807, 2.05) is 66.7 Å². The van der Waals surface area contributed by atoms with Crippen LogP contribution >= 0.6 is 0 Å². The van der Waals surface area contributed by atoms with Gasteiger partial charge in [-0.3, -0.25) is 4.79 Å². The molecule has 0 aliphatic carbocycles. The zero-order chi connectivity index (χ0) is 17.5. The summed E-state index contributed by atoms with van der Waals surface area (Å²) in [6.45, 7) is 1.35. The molecule has 2 aromatic carbocycles. The van der Waals surface area contributed by atoms with Crippen LogP contribution in [0.2, 0.25) is 0 Å². The normalized spacial score (nSPS) is 10.6. The van der Waals surface area contributed by atoms with Gasteiger partial charge in [-0.05, 0) is 23.3 Å². The molecule has 0 atom stereocenters. The lowest BCUT2D eigenvalue weighted by molar-refractivity contribution is -0.139. The molecular formula is C21H21NO3. The maximum absolute atomic E-state index is 11.4. The van der Waals surface area contributed by atoms with Crippen LogP contribution in [-0.2, 0) is 29.0 Å². The molecule has 25 heavy (non-hydrogen) atoms. The predicted octanol–water partition coefficient (Wildman–Crippen LogP) is 3.95. The van der Waals surface area contributed by atoms with Crippen molar-refractivity contribution in [2.24, 2.45) is 0 Å². The van der Waals surface area contributed by atoms with Gasteiger partial charge >= 0.3 is 5.97 Å². The number of carbonyl (C=O) groups excluding carboxylic acids is 1. The molecule has 0 saturated carbocycles. The number of carbonyl (C=O) groups is 1. The van der Waals surface area contributed by atoms with Gasteiger partial charge in [0.25, 0.3) is 0 Å². The molecule has 0 aliphatic heterocycles. The van der Waals surface area contributed by atoms with Gasteiger partial charge in [0.05, 0.1) is 20.1 Å². The quantitative estimate of drug-likeness (QED) is 0.664. The van der Waals surface area contributed by atoms with Gasteiger partial charge in [0, 0.05) is 12.1 Å². The highest BCUT2D eigenvalue weighted by molar-refractivity contribution is 5.72. The van der Waals surface area contributed by atoms with Crippen LogP contribution in [0, 0.1) is 0 Å². The lowest BCUT2D eigenvalue weighted by Gasteiger charge is -2.06. The minimum absolute atomic E-state index is 0.228. The fraction of sp³-hybridized carbons (Fsp3) is 0.190. The first-order valence-electron chi connectivity index (χ1n) is 8.24. The second-order valence-electron chi connectivity index (χ2n) is 5.81. The van der Waals surface area contributed by atoms with Crippen LogP contribution in [0.15, 0.2) is 71.1 Å². The number of hydrogen-bond donors (Lipinski definition) is 1. The molecular weight excluding hydrogens is 314 g/mol. The van der Waals surface area contributed by atoms with Gasteiger partial charge in [0.2, 0.25) is 0 Å². The molecule has 3 rings (SSSR count). The number of ether oxygens (including phenoxy) is 1. The first kappa shape index (κ1) is 17.0. The third kappa shape index (κ3) is 4.81. The molecule has 128 valence electrons. The van der Waals surface area contributed by atoms with Crippen molar-refractivity contribution in [2.45, 2.75) is 19.5 Å². The Morgan fingerprint density at radius 2 is 1.76 bits per heavy atom. The molecule has 0 bridgehead atoms. The van der Waals surface area contributed by atoms with Crippen LogP contribution in [0.25, 0.3) is 11.3 Å². The van der Waals surface area contributed by atoms with Gasteiger partial charge < -0.3 is 14.5 Å². The zero-order valence-corrected chi connectivity index (χ0v) is 14.2. The largest absolute Gasteiger partial charge is 0.469 e. The Kier molecular flexibility index (Phi) is 5.65. The standard InChI is InChI=1S/C21H21NO3/c1-24-21(23)13-16-6-5-7-17(12-16)14-22-15-19-10-11-20(25-19)18-8-3-2-4-9-18/h2-12,22H,13-15H2,1H3. The summed E-state index contributed by atoms with van der Waals surface area (Å²) in [5.41, 5.74) is 3.15. The van der Waals surface area contributed by atoms with E-state index in [1.54, 1.807) is 0 Å². The number of nitrogens with one attached hydrogen (secondary N) is 1. The molecule has 3 aromatic rings. The molecule has 0 fully saturated rings. The van der Waals surface area contributed by atoms with E-state index in [0.29, 0.717) is 19.5 Å². The first-order chi connectivity index (χ1) is 12.2. The zero-order valence-electron chi connectivity index (χ0n) is 14.2. The van der Waals surface area contributed by atoms with Gasteiger partial charge in [-0.1, -0.05) is 54.6 Å². The molecule has 1 N–H and O–H groups in total. The van der Waals surface area contributed by atoms with E-state index in [-0.39, 0.29) is 5.97 Å². The summed E-state index contributed by atoms with van der Waals surface area (Å²) < 4.78 is 10.6. The smallest absolute Gasteiger partial charge is 0.309 e.